The normalized spacial score (nSPS) is 12.0. The number of halogens is 1. The molecule has 0 radical (unpaired) electrons. The third kappa shape index (κ3) is 4.07. The molecule has 1 atom stereocenters. The van der Waals surface area contributed by atoms with Gasteiger partial charge in [0.25, 0.3) is 5.91 Å². The van der Waals surface area contributed by atoms with E-state index in [1.807, 2.05) is 37.3 Å². The largest absolute Gasteiger partial charge is 0.394 e. The van der Waals surface area contributed by atoms with Gasteiger partial charge in [0.15, 0.2) is 0 Å². The van der Waals surface area contributed by atoms with Crippen LogP contribution in [0.15, 0.2) is 54.6 Å². The molecule has 6 heteroatoms. The minimum Gasteiger partial charge on any atom is -0.394 e. The van der Waals surface area contributed by atoms with Gasteiger partial charge in [-0.3, -0.25) is 4.79 Å². The number of amides is 1. The molecule has 3 aromatic rings. The van der Waals surface area contributed by atoms with E-state index in [4.69, 9.17) is 11.6 Å². The van der Waals surface area contributed by atoms with Gasteiger partial charge in [0.2, 0.25) is 0 Å². The van der Waals surface area contributed by atoms with Crippen molar-refractivity contribution in [3.8, 4) is 10.6 Å². The zero-order valence-corrected chi connectivity index (χ0v) is 15.1. The summed E-state index contributed by atoms with van der Waals surface area (Å²) < 4.78 is 0. The maximum atomic E-state index is 12.6. The first-order valence-corrected chi connectivity index (χ1v) is 8.98. The Balaban J connectivity index is 1.81. The van der Waals surface area contributed by atoms with Crippen LogP contribution in [0.25, 0.3) is 10.6 Å². The maximum Gasteiger partial charge on any atom is 0.263 e. The van der Waals surface area contributed by atoms with Gasteiger partial charge in [0, 0.05) is 10.6 Å². The van der Waals surface area contributed by atoms with Gasteiger partial charge in [-0.05, 0) is 24.6 Å². The van der Waals surface area contributed by atoms with E-state index in [1.54, 1.807) is 24.3 Å². The molecule has 1 heterocycles. The van der Waals surface area contributed by atoms with E-state index in [2.05, 4.69) is 10.3 Å². The average Bonchev–Trinajstić information content (AvgIpc) is 3.03. The number of benzene rings is 2. The first kappa shape index (κ1) is 17.6. The van der Waals surface area contributed by atoms with Crippen molar-refractivity contribution in [1.29, 1.82) is 0 Å². The number of nitrogens with zero attached hydrogens (tertiary/aromatic N) is 1. The molecule has 2 N–H and O–H groups in total. The van der Waals surface area contributed by atoms with E-state index < -0.39 is 6.04 Å². The highest BCUT2D eigenvalue weighted by Crippen LogP contribution is 2.28. The highest BCUT2D eigenvalue weighted by molar-refractivity contribution is 7.17. The number of hydrogen-bond donors (Lipinski definition) is 2. The Morgan fingerprint density at radius 2 is 1.88 bits per heavy atom. The molecule has 4 nitrogen and oxygen atoms in total. The topological polar surface area (TPSA) is 62.2 Å². The number of rotatable bonds is 5. The summed E-state index contributed by atoms with van der Waals surface area (Å²) in [5.74, 6) is -0.244. The molecule has 0 aliphatic heterocycles. The fourth-order valence-corrected chi connectivity index (χ4v) is 3.57. The molecule has 0 saturated carbocycles. The lowest BCUT2D eigenvalue weighted by molar-refractivity contribution is 0.0919. The Labute approximate surface area is 155 Å². The lowest BCUT2D eigenvalue weighted by atomic mass is 10.1. The molecule has 128 valence electrons. The molecule has 0 aliphatic rings. The number of carbonyl (C=O) groups is 1. The van der Waals surface area contributed by atoms with Crippen molar-refractivity contribution < 1.29 is 9.90 Å². The van der Waals surface area contributed by atoms with Crippen molar-refractivity contribution in [3.05, 3.63) is 75.8 Å². The molecule has 0 fully saturated rings. The Hall–Kier alpha value is -2.21. The van der Waals surface area contributed by atoms with Gasteiger partial charge in [0.05, 0.1) is 18.3 Å². The maximum absolute atomic E-state index is 12.6. The van der Waals surface area contributed by atoms with Crippen molar-refractivity contribution in [2.45, 2.75) is 13.0 Å². The van der Waals surface area contributed by atoms with Gasteiger partial charge >= 0.3 is 0 Å². The lowest BCUT2D eigenvalue weighted by Crippen LogP contribution is -2.30. The molecule has 0 aliphatic carbocycles. The quantitative estimate of drug-likeness (QED) is 0.704. The van der Waals surface area contributed by atoms with Crippen LogP contribution in [-0.2, 0) is 0 Å². The Kier molecular flexibility index (Phi) is 5.48. The summed E-state index contributed by atoms with van der Waals surface area (Å²) in [7, 11) is 0. The monoisotopic (exact) mass is 372 g/mol. The van der Waals surface area contributed by atoms with Gasteiger partial charge in [-0.2, -0.15) is 0 Å². The molecule has 2 aromatic carbocycles. The number of thiazole rings is 1. The Morgan fingerprint density at radius 3 is 2.52 bits per heavy atom. The second-order valence-electron chi connectivity index (χ2n) is 5.56. The highest BCUT2D eigenvalue weighted by Gasteiger charge is 2.20. The van der Waals surface area contributed by atoms with Crippen LogP contribution in [-0.4, -0.2) is 22.6 Å². The SMILES string of the molecule is Cc1nc(-c2ccccc2)sc1C(=O)NC(CO)c1ccc(Cl)cc1. The molecule has 1 amide bonds. The van der Waals surface area contributed by atoms with Crippen molar-refractivity contribution >= 4 is 28.8 Å². The Bertz CT molecular complexity index is 863. The molecule has 1 unspecified atom stereocenters. The van der Waals surface area contributed by atoms with Gasteiger partial charge in [-0.25, -0.2) is 4.98 Å². The van der Waals surface area contributed by atoms with E-state index in [9.17, 15) is 9.90 Å². The summed E-state index contributed by atoms with van der Waals surface area (Å²) in [6.07, 6.45) is 0. The number of aliphatic hydroxyl groups is 1. The van der Waals surface area contributed by atoms with Crippen LogP contribution in [0, 0.1) is 6.92 Å². The number of aryl methyl sites for hydroxylation is 1. The fraction of sp³-hybridized carbons (Fsp3) is 0.158. The Morgan fingerprint density at radius 1 is 1.20 bits per heavy atom. The summed E-state index contributed by atoms with van der Waals surface area (Å²) >= 11 is 7.23. The smallest absolute Gasteiger partial charge is 0.263 e. The van der Waals surface area contributed by atoms with Crippen LogP contribution in [0.4, 0.5) is 0 Å². The predicted octanol–water partition coefficient (Wildman–Crippen LogP) is 4.24. The van der Waals surface area contributed by atoms with Crippen molar-refractivity contribution in [3.63, 3.8) is 0 Å². The van der Waals surface area contributed by atoms with E-state index in [0.29, 0.717) is 15.6 Å². The molecule has 0 bridgehead atoms. The zero-order chi connectivity index (χ0) is 17.8. The summed E-state index contributed by atoms with van der Waals surface area (Å²) in [5, 5.41) is 13.9. The molecular weight excluding hydrogens is 356 g/mol. The standard InChI is InChI=1S/C19H17ClN2O2S/c1-12-17(25-19(21-12)14-5-3-2-4-6-14)18(24)22-16(11-23)13-7-9-15(20)10-8-13/h2-10,16,23H,11H2,1H3,(H,22,24). The number of nitrogens with one attached hydrogen (secondary N) is 1. The van der Waals surface area contributed by atoms with E-state index in [-0.39, 0.29) is 12.5 Å². The number of hydrogen-bond acceptors (Lipinski definition) is 4. The van der Waals surface area contributed by atoms with Crippen LogP contribution >= 0.6 is 22.9 Å². The van der Waals surface area contributed by atoms with Crippen LogP contribution in [0.2, 0.25) is 5.02 Å². The number of carbonyl (C=O) groups excluding carboxylic acids is 1. The van der Waals surface area contributed by atoms with Crippen LogP contribution in [0.3, 0.4) is 0 Å². The molecular formula is C19H17ClN2O2S. The number of aromatic nitrogens is 1. The zero-order valence-electron chi connectivity index (χ0n) is 13.6. The van der Waals surface area contributed by atoms with E-state index >= 15 is 0 Å². The van der Waals surface area contributed by atoms with E-state index in [1.165, 1.54) is 11.3 Å². The van der Waals surface area contributed by atoms with E-state index in [0.717, 1.165) is 16.1 Å². The number of aliphatic hydroxyl groups excluding tert-OH is 1. The van der Waals surface area contributed by atoms with Crippen LogP contribution in [0.5, 0.6) is 0 Å². The lowest BCUT2D eigenvalue weighted by Gasteiger charge is -2.16. The second kappa shape index (κ2) is 7.78. The molecule has 3 rings (SSSR count). The van der Waals surface area contributed by atoms with Crippen molar-refractivity contribution in [2.24, 2.45) is 0 Å². The average molecular weight is 373 g/mol. The molecule has 0 saturated heterocycles. The summed E-state index contributed by atoms with van der Waals surface area (Å²) in [6.45, 7) is 1.62. The predicted molar refractivity (Wildman–Crippen MR) is 101 cm³/mol. The van der Waals surface area contributed by atoms with Crippen molar-refractivity contribution in [2.75, 3.05) is 6.61 Å². The summed E-state index contributed by atoms with van der Waals surface area (Å²) in [6, 6.07) is 16.3. The van der Waals surface area contributed by atoms with Crippen molar-refractivity contribution in [1.82, 2.24) is 10.3 Å². The third-order valence-corrected chi connectivity index (χ3v) is 5.24. The molecule has 25 heavy (non-hydrogen) atoms. The summed E-state index contributed by atoms with van der Waals surface area (Å²) in [5.41, 5.74) is 2.45. The van der Waals surface area contributed by atoms with Gasteiger partial charge in [-0.1, -0.05) is 54.1 Å². The first-order valence-electron chi connectivity index (χ1n) is 7.78. The third-order valence-electron chi connectivity index (χ3n) is 3.78. The molecule has 1 aromatic heterocycles. The second-order valence-corrected chi connectivity index (χ2v) is 7.00. The van der Waals surface area contributed by atoms with Crippen LogP contribution < -0.4 is 5.32 Å². The minimum atomic E-state index is -0.494. The van der Waals surface area contributed by atoms with Gasteiger partial charge in [0.1, 0.15) is 9.88 Å². The van der Waals surface area contributed by atoms with Crippen LogP contribution in [0.1, 0.15) is 27.0 Å². The molecule has 0 spiro atoms. The highest BCUT2D eigenvalue weighted by atomic mass is 35.5. The minimum absolute atomic E-state index is 0.198. The summed E-state index contributed by atoms with van der Waals surface area (Å²) in [4.78, 5) is 17.7. The van der Waals surface area contributed by atoms with Gasteiger partial charge < -0.3 is 10.4 Å². The van der Waals surface area contributed by atoms with Gasteiger partial charge in [-0.15, -0.1) is 11.3 Å². The fourth-order valence-electron chi connectivity index (χ4n) is 2.46. The first-order chi connectivity index (χ1) is 12.1.